The molecular weight excluding hydrogens is 394 g/mol. The quantitative estimate of drug-likeness (QED) is 0.494. The third-order valence-corrected chi connectivity index (χ3v) is 5.90. The molecule has 1 aliphatic heterocycles. The molecule has 0 aromatic heterocycles. The molecule has 1 aromatic carbocycles. The Labute approximate surface area is 186 Å². The first-order chi connectivity index (χ1) is 15.2. The highest BCUT2D eigenvalue weighted by Crippen LogP contribution is 2.28. The van der Waals surface area contributed by atoms with Crippen LogP contribution in [0.3, 0.4) is 0 Å². The standard InChI is InChI=1S/C24H39N3O4/c1-2-30-23-17-20(18-25-11-6-12-27-13-15-29-16-14-27)9-10-22(23)31-19-24(28)26-21-7-4-3-5-8-21/h9-10,17,21,25H,2-8,11-16,18-19H2,1H3,(H,26,28). The number of benzene rings is 1. The van der Waals surface area contributed by atoms with E-state index in [0.29, 0.717) is 24.1 Å². The SMILES string of the molecule is CCOc1cc(CNCCCN2CCOCC2)ccc1OCC(=O)NC1CCCCC1. The molecular formula is C24H39N3O4. The van der Waals surface area contributed by atoms with Gasteiger partial charge in [0.25, 0.3) is 5.91 Å². The maximum atomic E-state index is 12.2. The molecule has 0 radical (unpaired) electrons. The summed E-state index contributed by atoms with van der Waals surface area (Å²) in [4.78, 5) is 14.7. The third kappa shape index (κ3) is 8.67. The molecule has 0 atom stereocenters. The van der Waals surface area contributed by atoms with Gasteiger partial charge in [-0.05, 0) is 57.0 Å². The Balaban J connectivity index is 1.39. The summed E-state index contributed by atoms with van der Waals surface area (Å²) in [7, 11) is 0. The lowest BCUT2D eigenvalue weighted by atomic mass is 9.95. The first-order valence-corrected chi connectivity index (χ1v) is 11.9. The van der Waals surface area contributed by atoms with E-state index in [1.807, 2.05) is 25.1 Å². The molecule has 1 aliphatic carbocycles. The summed E-state index contributed by atoms with van der Waals surface area (Å²) in [6.07, 6.45) is 6.94. The maximum absolute atomic E-state index is 12.2. The van der Waals surface area contributed by atoms with Crippen LogP contribution in [0, 0.1) is 0 Å². The van der Waals surface area contributed by atoms with Gasteiger partial charge in [0.05, 0.1) is 19.8 Å². The van der Waals surface area contributed by atoms with E-state index in [9.17, 15) is 4.79 Å². The van der Waals surface area contributed by atoms with Crippen LogP contribution >= 0.6 is 0 Å². The lowest BCUT2D eigenvalue weighted by Crippen LogP contribution is -2.39. The summed E-state index contributed by atoms with van der Waals surface area (Å²) >= 11 is 0. The number of ether oxygens (including phenoxy) is 3. The second-order valence-electron chi connectivity index (χ2n) is 8.39. The number of carbonyl (C=O) groups excluding carboxylic acids is 1. The first-order valence-electron chi connectivity index (χ1n) is 11.9. The highest BCUT2D eigenvalue weighted by molar-refractivity contribution is 5.78. The smallest absolute Gasteiger partial charge is 0.258 e. The van der Waals surface area contributed by atoms with E-state index in [-0.39, 0.29) is 12.5 Å². The fraction of sp³-hybridized carbons (Fsp3) is 0.708. The Bertz CT molecular complexity index is 658. The Morgan fingerprint density at radius 1 is 1.13 bits per heavy atom. The number of amides is 1. The number of nitrogens with one attached hydrogen (secondary N) is 2. The fourth-order valence-corrected chi connectivity index (χ4v) is 4.19. The highest BCUT2D eigenvalue weighted by atomic mass is 16.5. The van der Waals surface area contributed by atoms with Crippen molar-refractivity contribution in [3.05, 3.63) is 23.8 Å². The van der Waals surface area contributed by atoms with E-state index in [1.165, 1.54) is 19.3 Å². The molecule has 1 amide bonds. The third-order valence-electron chi connectivity index (χ3n) is 5.90. The summed E-state index contributed by atoms with van der Waals surface area (Å²) in [5.74, 6) is 1.26. The fourth-order valence-electron chi connectivity index (χ4n) is 4.19. The van der Waals surface area contributed by atoms with Crippen molar-refractivity contribution in [1.29, 1.82) is 0 Å². The van der Waals surface area contributed by atoms with E-state index in [4.69, 9.17) is 14.2 Å². The summed E-state index contributed by atoms with van der Waals surface area (Å²) in [6, 6.07) is 6.25. The van der Waals surface area contributed by atoms with E-state index in [0.717, 1.165) is 70.8 Å². The zero-order valence-corrected chi connectivity index (χ0v) is 19.0. The molecule has 1 saturated carbocycles. The van der Waals surface area contributed by atoms with E-state index in [2.05, 4.69) is 15.5 Å². The van der Waals surface area contributed by atoms with Crippen molar-refractivity contribution in [1.82, 2.24) is 15.5 Å². The molecule has 7 heteroatoms. The second kappa shape index (κ2) is 13.6. The van der Waals surface area contributed by atoms with Gasteiger partial charge in [-0.1, -0.05) is 25.3 Å². The van der Waals surface area contributed by atoms with Crippen LogP contribution in [0.4, 0.5) is 0 Å². The van der Waals surface area contributed by atoms with Gasteiger partial charge in [0.2, 0.25) is 0 Å². The Morgan fingerprint density at radius 2 is 1.94 bits per heavy atom. The summed E-state index contributed by atoms with van der Waals surface area (Å²) in [6.45, 7) is 9.18. The van der Waals surface area contributed by atoms with Gasteiger partial charge in [0.15, 0.2) is 18.1 Å². The molecule has 1 heterocycles. The van der Waals surface area contributed by atoms with Gasteiger partial charge in [-0.3, -0.25) is 9.69 Å². The second-order valence-corrected chi connectivity index (χ2v) is 8.39. The lowest BCUT2D eigenvalue weighted by Gasteiger charge is -2.26. The summed E-state index contributed by atoms with van der Waals surface area (Å²) in [5, 5.41) is 6.60. The number of hydrogen-bond donors (Lipinski definition) is 2. The maximum Gasteiger partial charge on any atom is 0.258 e. The predicted octanol–water partition coefficient (Wildman–Crippen LogP) is 2.72. The van der Waals surface area contributed by atoms with Crippen molar-refractivity contribution in [2.75, 3.05) is 52.6 Å². The average Bonchev–Trinajstić information content (AvgIpc) is 2.80. The number of nitrogens with zero attached hydrogens (tertiary/aromatic N) is 1. The predicted molar refractivity (Wildman–Crippen MR) is 122 cm³/mol. The molecule has 0 bridgehead atoms. The van der Waals surface area contributed by atoms with Crippen molar-refractivity contribution < 1.29 is 19.0 Å². The Kier molecular flexibility index (Phi) is 10.4. The minimum absolute atomic E-state index is 0.0235. The van der Waals surface area contributed by atoms with Crippen LogP contribution in [0.1, 0.15) is 51.0 Å². The molecule has 0 unspecified atom stereocenters. The Morgan fingerprint density at radius 3 is 2.71 bits per heavy atom. The van der Waals surface area contributed by atoms with Gasteiger partial charge >= 0.3 is 0 Å². The lowest BCUT2D eigenvalue weighted by molar-refractivity contribution is -0.124. The van der Waals surface area contributed by atoms with Crippen LogP contribution in [0.15, 0.2) is 18.2 Å². The molecule has 1 saturated heterocycles. The van der Waals surface area contributed by atoms with Crippen LogP contribution in [0.25, 0.3) is 0 Å². The molecule has 2 N–H and O–H groups in total. The van der Waals surface area contributed by atoms with Crippen LogP contribution in [0.5, 0.6) is 11.5 Å². The molecule has 31 heavy (non-hydrogen) atoms. The molecule has 174 valence electrons. The number of rotatable bonds is 12. The van der Waals surface area contributed by atoms with E-state index in [1.54, 1.807) is 0 Å². The van der Waals surface area contributed by atoms with Crippen molar-refractivity contribution in [2.24, 2.45) is 0 Å². The average molecular weight is 434 g/mol. The van der Waals surface area contributed by atoms with Gasteiger partial charge < -0.3 is 24.8 Å². The van der Waals surface area contributed by atoms with Gasteiger partial charge in [-0.25, -0.2) is 0 Å². The minimum Gasteiger partial charge on any atom is -0.490 e. The number of carbonyl (C=O) groups is 1. The van der Waals surface area contributed by atoms with Gasteiger partial charge in [-0.15, -0.1) is 0 Å². The molecule has 0 spiro atoms. The van der Waals surface area contributed by atoms with Gasteiger partial charge in [-0.2, -0.15) is 0 Å². The molecule has 1 aromatic rings. The van der Waals surface area contributed by atoms with Crippen LogP contribution < -0.4 is 20.1 Å². The molecule has 7 nitrogen and oxygen atoms in total. The van der Waals surface area contributed by atoms with Crippen LogP contribution in [0.2, 0.25) is 0 Å². The van der Waals surface area contributed by atoms with Gasteiger partial charge in [0, 0.05) is 25.7 Å². The molecule has 2 fully saturated rings. The topological polar surface area (TPSA) is 72.1 Å². The van der Waals surface area contributed by atoms with Crippen LogP contribution in [-0.2, 0) is 16.1 Å². The molecule has 2 aliphatic rings. The van der Waals surface area contributed by atoms with E-state index >= 15 is 0 Å². The first kappa shape index (κ1) is 23.8. The highest BCUT2D eigenvalue weighted by Gasteiger charge is 2.16. The van der Waals surface area contributed by atoms with Crippen molar-refractivity contribution in [2.45, 2.75) is 58.0 Å². The number of hydrogen-bond acceptors (Lipinski definition) is 6. The normalized spacial score (nSPS) is 18.0. The zero-order valence-electron chi connectivity index (χ0n) is 19.0. The van der Waals surface area contributed by atoms with Crippen molar-refractivity contribution >= 4 is 5.91 Å². The van der Waals surface area contributed by atoms with Gasteiger partial charge in [0.1, 0.15) is 0 Å². The molecule has 3 rings (SSSR count). The van der Waals surface area contributed by atoms with Crippen molar-refractivity contribution in [3.8, 4) is 11.5 Å². The zero-order chi connectivity index (χ0) is 21.7. The van der Waals surface area contributed by atoms with Crippen LogP contribution in [-0.4, -0.2) is 69.5 Å². The Hall–Kier alpha value is -1.83. The summed E-state index contributed by atoms with van der Waals surface area (Å²) in [5.41, 5.74) is 1.15. The minimum atomic E-state index is -0.0552. The van der Waals surface area contributed by atoms with Crippen molar-refractivity contribution in [3.63, 3.8) is 0 Å². The monoisotopic (exact) mass is 433 g/mol. The largest absolute Gasteiger partial charge is 0.490 e. The number of morpholine rings is 1. The summed E-state index contributed by atoms with van der Waals surface area (Å²) < 4.78 is 16.9. The van der Waals surface area contributed by atoms with E-state index < -0.39 is 0 Å².